The van der Waals surface area contributed by atoms with Gasteiger partial charge in [0.1, 0.15) is 0 Å². The van der Waals surface area contributed by atoms with Gasteiger partial charge in [0, 0.05) is 6.20 Å². The molecule has 0 fully saturated rings. The average Bonchev–Trinajstić information content (AvgIpc) is 2.19. The molecule has 0 aliphatic carbocycles. The Kier molecular flexibility index (Phi) is 7.01. The molecular weight excluding hydrogens is 186 g/mol. The van der Waals surface area contributed by atoms with Crippen molar-refractivity contribution < 1.29 is 0 Å². The van der Waals surface area contributed by atoms with Gasteiger partial charge < -0.3 is 0 Å². The van der Waals surface area contributed by atoms with E-state index in [1.54, 1.807) is 6.20 Å². The molecule has 0 N–H and O–H groups in total. The van der Waals surface area contributed by atoms with Crippen LogP contribution in [0.3, 0.4) is 0 Å². The zero-order valence-corrected chi connectivity index (χ0v) is 10.7. The summed E-state index contributed by atoms with van der Waals surface area (Å²) in [4.78, 5) is 0. The Hall–Kier alpha value is -0.860. The van der Waals surface area contributed by atoms with Crippen molar-refractivity contribution in [2.45, 2.75) is 58.9 Å². The highest BCUT2D eigenvalue weighted by Gasteiger charge is 2.28. The van der Waals surface area contributed by atoms with Crippen LogP contribution in [0.25, 0.3) is 0 Å². The van der Waals surface area contributed by atoms with Crippen molar-refractivity contribution >= 4 is 0 Å². The van der Waals surface area contributed by atoms with Crippen molar-refractivity contribution in [2.24, 2.45) is 10.3 Å². The normalized spacial score (nSPS) is 12.0. The maximum Gasteiger partial charge on any atom is 0.0616 e. The number of hydrogen-bond donors (Lipinski definition) is 0. The fourth-order valence-electron chi connectivity index (χ4n) is 1.93. The molecule has 0 aromatic heterocycles. The largest absolute Gasteiger partial charge is 0.249 e. The molecule has 0 aromatic rings. The van der Waals surface area contributed by atoms with Gasteiger partial charge in [-0.05, 0) is 26.7 Å². The standard InChI is InChI=1S/C12H25N3/c1-6-10-12(5,11-7-2)15(9-4)14-13-8-3/h9H,4,6-8,10-11H2,1-3,5H3/b14-13-. The first-order valence-corrected chi connectivity index (χ1v) is 5.93. The Morgan fingerprint density at radius 1 is 1.20 bits per heavy atom. The Bertz CT molecular complexity index is 193. The van der Waals surface area contributed by atoms with Gasteiger partial charge >= 0.3 is 0 Å². The SMILES string of the molecule is C=CN(/N=N\CC)C(C)(CCC)CCC. The lowest BCUT2D eigenvalue weighted by atomic mass is 9.90. The molecule has 3 nitrogen and oxygen atoms in total. The van der Waals surface area contributed by atoms with E-state index in [1.165, 1.54) is 0 Å². The van der Waals surface area contributed by atoms with E-state index >= 15 is 0 Å². The molecule has 0 bridgehead atoms. The molecule has 0 saturated heterocycles. The quantitative estimate of drug-likeness (QED) is 0.437. The molecule has 0 amide bonds. The first kappa shape index (κ1) is 14.1. The molecule has 0 aliphatic rings. The lowest BCUT2D eigenvalue weighted by Gasteiger charge is -2.36. The van der Waals surface area contributed by atoms with Crippen molar-refractivity contribution in [1.82, 2.24) is 5.01 Å². The second-order valence-corrected chi connectivity index (χ2v) is 4.07. The minimum atomic E-state index is 0.0733. The average molecular weight is 211 g/mol. The van der Waals surface area contributed by atoms with Crippen LogP contribution < -0.4 is 0 Å². The Morgan fingerprint density at radius 2 is 1.73 bits per heavy atom. The van der Waals surface area contributed by atoms with E-state index in [4.69, 9.17) is 0 Å². The molecule has 0 aromatic carbocycles. The molecule has 0 aliphatic heterocycles. The van der Waals surface area contributed by atoms with E-state index in [2.05, 4.69) is 37.7 Å². The maximum absolute atomic E-state index is 4.21. The van der Waals surface area contributed by atoms with Gasteiger partial charge in [-0.25, -0.2) is 5.01 Å². The van der Waals surface area contributed by atoms with Crippen LogP contribution in [0.1, 0.15) is 53.4 Å². The van der Waals surface area contributed by atoms with E-state index in [-0.39, 0.29) is 5.54 Å². The molecular formula is C12H25N3. The van der Waals surface area contributed by atoms with E-state index < -0.39 is 0 Å². The summed E-state index contributed by atoms with van der Waals surface area (Å²) in [5.74, 6) is 0. The van der Waals surface area contributed by atoms with Crippen LogP contribution in [0.2, 0.25) is 0 Å². The second-order valence-electron chi connectivity index (χ2n) is 4.07. The third-order valence-corrected chi connectivity index (χ3v) is 2.60. The van der Waals surface area contributed by atoms with Crippen LogP contribution in [0.4, 0.5) is 0 Å². The Labute approximate surface area is 94.2 Å². The van der Waals surface area contributed by atoms with Gasteiger partial charge in [-0.15, -0.1) is 0 Å². The van der Waals surface area contributed by atoms with Gasteiger partial charge in [0.15, 0.2) is 0 Å². The summed E-state index contributed by atoms with van der Waals surface area (Å²) in [6, 6.07) is 0. The van der Waals surface area contributed by atoms with Crippen molar-refractivity contribution in [3.63, 3.8) is 0 Å². The zero-order chi connectivity index (χ0) is 11.7. The maximum atomic E-state index is 4.21. The molecule has 15 heavy (non-hydrogen) atoms. The minimum Gasteiger partial charge on any atom is -0.249 e. The minimum absolute atomic E-state index is 0.0733. The molecule has 0 unspecified atom stereocenters. The molecule has 88 valence electrons. The van der Waals surface area contributed by atoms with Crippen LogP contribution in [0.5, 0.6) is 0 Å². The van der Waals surface area contributed by atoms with Gasteiger partial charge in [0.25, 0.3) is 0 Å². The predicted molar refractivity (Wildman–Crippen MR) is 65.7 cm³/mol. The topological polar surface area (TPSA) is 28.0 Å². The van der Waals surface area contributed by atoms with Gasteiger partial charge in [-0.3, -0.25) is 0 Å². The number of rotatable bonds is 8. The van der Waals surface area contributed by atoms with Crippen molar-refractivity contribution in [2.75, 3.05) is 6.54 Å². The summed E-state index contributed by atoms with van der Waals surface area (Å²) in [6.45, 7) is 13.2. The first-order chi connectivity index (χ1) is 7.14. The van der Waals surface area contributed by atoms with E-state index in [1.807, 2.05) is 11.9 Å². The third kappa shape index (κ3) is 4.45. The summed E-state index contributed by atoms with van der Waals surface area (Å²) in [7, 11) is 0. The first-order valence-electron chi connectivity index (χ1n) is 5.93. The van der Waals surface area contributed by atoms with Crippen LogP contribution >= 0.6 is 0 Å². The van der Waals surface area contributed by atoms with Gasteiger partial charge in [-0.1, -0.05) is 38.5 Å². The molecule has 3 heteroatoms. The molecule has 0 rings (SSSR count). The van der Waals surface area contributed by atoms with Crippen molar-refractivity contribution in [1.29, 1.82) is 0 Å². The third-order valence-electron chi connectivity index (χ3n) is 2.60. The zero-order valence-electron chi connectivity index (χ0n) is 10.7. The monoisotopic (exact) mass is 211 g/mol. The van der Waals surface area contributed by atoms with Gasteiger partial charge in [-0.2, -0.15) is 5.11 Å². The smallest absolute Gasteiger partial charge is 0.0616 e. The summed E-state index contributed by atoms with van der Waals surface area (Å²) in [5, 5.41) is 10.2. The highest BCUT2D eigenvalue weighted by molar-refractivity contribution is 4.88. The lowest BCUT2D eigenvalue weighted by Crippen LogP contribution is -2.39. The fourth-order valence-corrected chi connectivity index (χ4v) is 1.93. The van der Waals surface area contributed by atoms with Crippen molar-refractivity contribution in [3.8, 4) is 0 Å². The molecule has 0 spiro atoms. The molecule has 0 heterocycles. The lowest BCUT2D eigenvalue weighted by molar-refractivity contribution is 0.132. The summed E-state index contributed by atoms with van der Waals surface area (Å²) in [5.41, 5.74) is 0.0733. The summed E-state index contributed by atoms with van der Waals surface area (Å²) in [6.07, 6.45) is 6.33. The molecule has 0 radical (unpaired) electrons. The van der Waals surface area contributed by atoms with Gasteiger partial charge in [0.05, 0.1) is 12.1 Å². The Morgan fingerprint density at radius 3 is 2.07 bits per heavy atom. The van der Waals surface area contributed by atoms with Crippen LogP contribution in [-0.2, 0) is 0 Å². The molecule has 0 saturated carbocycles. The summed E-state index contributed by atoms with van der Waals surface area (Å²) >= 11 is 0. The highest BCUT2D eigenvalue weighted by Crippen LogP contribution is 2.27. The van der Waals surface area contributed by atoms with Gasteiger partial charge in [0.2, 0.25) is 0 Å². The fraction of sp³-hybridized carbons (Fsp3) is 0.833. The summed E-state index contributed by atoms with van der Waals surface area (Å²) < 4.78 is 0. The van der Waals surface area contributed by atoms with Crippen LogP contribution in [0, 0.1) is 0 Å². The van der Waals surface area contributed by atoms with E-state index in [0.29, 0.717) is 0 Å². The second kappa shape index (κ2) is 7.43. The highest BCUT2D eigenvalue weighted by atomic mass is 15.6. The van der Waals surface area contributed by atoms with E-state index in [0.717, 1.165) is 32.2 Å². The molecule has 0 atom stereocenters. The van der Waals surface area contributed by atoms with Crippen LogP contribution in [-0.4, -0.2) is 17.1 Å². The predicted octanol–water partition coefficient (Wildman–Crippen LogP) is 4.18. The van der Waals surface area contributed by atoms with Crippen molar-refractivity contribution in [3.05, 3.63) is 12.8 Å². The van der Waals surface area contributed by atoms with E-state index in [9.17, 15) is 0 Å². The Balaban J connectivity index is 4.66. The number of nitrogens with zero attached hydrogens (tertiary/aromatic N) is 3. The number of hydrogen-bond acceptors (Lipinski definition) is 2. The van der Waals surface area contributed by atoms with Crippen LogP contribution in [0.15, 0.2) is 23.1 Å².